The van der Waals surface area contributed by atoms with Crippen LogP contribution in [0.3, 0.4) is 0 Å². The molecule has 1 aliphatic rings. The molecule has 94 valence electrons. The lowest BCUT2D eigenvalue weighted by atomic mass is 9.97. The summed E-state index contributed by atoms with van der Waals surface area (Å²) < 4.78 is 2.01. The zero-order valence-electron chi connectivity index (χ0n) is 10.7. The Balaban J connectivity index is 2.49. The molecule has 0 radical (unpaired) electrons. The van der Waals surface area contributed by atoms with E-state index in [1.165, 1.54) is 5.56 Å². The highest BCUT2D eigenvalue weighted by molar-refractivity contribution is 6.00. The molecule has 0 saturated carbocycles. The zero-order valence-corrected chi connectivity index (χ0v) is 10.7. The van der Waals surface area contributed by atoms with Gasteiger partial charge in [0, 0.05) is 11.9 Å². The minimum Gasteiger partial charge on any atom is -0.477 e. The maximum Gasteiger partial charge on any atom is 0.352 e. The molecule has 2 aromatic rings. The van der Waals surface area contributed by atoms with E-state index in [0.717, 1.165) is 35.9 Å². The number of rotatable bonds is 2. The molecule has 0 amide bonds. The summed E-state index contributed by atoms with van der Waals surface area (Å²) in [7, 11) is 0. The molecule has 2 heterocycles. The standard InChI is InChI=1S/C15H17NO2/c1-9(2)12-11-7-3-5-10-6-4-8-16(13(10)11)14(12)15(17)18/h3,5,7,9H,4,6,8H2,1-2H3,(H,17,18). The van der Waals surface area contributed by atoms with Crippen molar-refractivity contribution in [1.29, 1.82) is 0 Å². The lowest BCUT2D eigenvalue weighted by molar-refractivity contribution is 0.0683. The highest BCUT2D eigenvalue weighted by Crippen LogP contribution is 2.36. The summed E-state index contributed by atoms with van der Waals surface area (Å²) in [6.07, 6.45) is 2.08. The van der Waals surface area contributed by atoms with Crippen LogP contribution in [-0.2, 0) is 13.0 Å². The van der Waals surface area contributed by atoms with Gasteiger partial charge in [-0.15, -0.1) is 0 Å². The van der Waals surface area contributed by atoms with E-state index in [9.17, 15) is 9.90 Å². The minimum absolute atomic E-state index is 0.230. The van der Waals surface area contributed by atoms with Crippen LogP contribution in [0.1, 0.15) is 47.8 Å². The molecule has 0 bridgehead atoms. The molecular formula is C15H17NO2. The van der Waals surface area contributed by atoms with Gasteiger partial charge in [0.2, 0.25) is 0 Å². The fraction of sp³-hybridized carbons (Fsp3) is 0.400. The highest BCUT2D eigenvalue weighted by atomic mass is 16.4. The molecule has 0 saturated heterocycles. The van der Waals surface area contributed by atoms with Crippen LogP contribution >= 0.6 is 0 Å². The average molecular weight is 243 g/mol. The third kappa shape index (κ3) is 1.40. The first-order valence-corrected chi connectivity index (χ1v) is 6.48. The smallest absolute Gasteiger partial charge is 0.352 e. The number of nitrogens with zero attached hydrogens (tertiary/aromatic N) is 1. The van der Waals surface area contributed by atoms with Crippen molar-refractivity contribution < 1.29 is 9.90 Å². The molecule has 1 aromatic heterocycles. The molecule has 0 unspecified atom stereocenters. The molecule has 0 aliphatic carbocycles. The van der Waals surface area contributed by atoms with Gasteiger partial charge in [-0.05, 0) is 29.9 Å². The Morgan fingerprint density at radius 3 is 2.83 bits per heavy atom. The Morgan fingerprint density at radius 1 is 1.39 bits per heavy atom. The Labute approximate surface area is 106 Å². The topological polar surface area (TPSA) is 42.2 Å². The average Bonchev–Trinajstić information content (AvgIpc) is 2.67. The van der Waals surface area contributed by atoms with Crippen LogP contribution < -0.4 is 0 Å². The van der Waals surface area contributed by atoms with Gasteiger partial charge in [-0.25, -0.2) is 4.79 Å². The van der Waals surface area contributed by atoms with Crippen LogP contribution in [0.15, 0.2) is 18.2 Å². The summed E-state index contributed by atoms with van der Waals surface area (Å²) in [5.74, 6) is -0.573. The largest absolute Gasteiger partial charge is 0.477 e. The van der Waals surface area contributed by atoms with E-state index in [0.29, 0.717) is 5.69 Å². The van der Waals surface area contributed by atoms with Gasteiger partial charge in [0.25, 0.3) is 0 Å². The predicted octanol–water partition coefficient (Wildman–Crippen LogP) is 3.41. The van der Waals surface area contributed by atoms with Crippen LogP contribution in [0, 0.1) is 0 Å². The number of benzene rings is 1. The van der Waals surface area contributed by atoms with Gasteiger partial charge in [-0.3, -0.25) is 0 Å². The van der Waals surface area contributed by atoms with Crippen molar-refractivity contribution in [2.24, 2.45) is 0 Å². The SMILES string of the molecule is CC(C)c1c(C(=O)O)n2c3c(cccc13)CCC2. The van der Waals surface area contributed by atoms with E-state index in [1.54, 1.807) is 0 Å². The quantitative estimate of drug-likeness (QED) is 0.878. The van der Waals surface area contributed by atoms with Gasteiger partial charge >= 0.3 is 5.97 Å². The molecular weight excluding hydrogens is 226 g/mol. The number of carboxylic acids is 1. The number of carbonyl (C=O) groups is 1. The molecule has 3 rings (SSSR count). The van der Waals surface area contributed by atoms with Crippen LogP contribution in [0.2, 0.25) is 0 Å². The number of para-hydroxylation sites is 1. The van der Waals surface area contributed by atoms with Gasteiger partial charge in [0.1, 0.15) is 5.69 Å². The van der Waals surface area contributed by atoms with Crippen LogP contribution in [0.5, 0.6) is 0 Å². The lowest BCUT2D eigenvalue weighted by Crippen LogP contribution is -2.14. The lowest BCUT2D eigenvalue weighted by Gasteiger charge is -2.16. The first kappa shape index (κ1) is 11.3. The molecule has 18 heavy (non-hydrogen) atoms. The van der Waals surface area contributed by atoms with E-state index < -0.39 is 5.97 Å². The highest BCUT2D eigenvalue weighted by Gasteiger charge is 2.26. The van der Waals surface area contributed by atoms with Crippen molar-refractivity contribution in [3.8, 4) is 0 Å². The maximum atomic E-state index is 11.6. The summed E-state index contributed by atoms with van der Waals surface area (Å²) in [5.41, 5.74) is 3.91. The number of carboxylic acid groups (broad SMARTS) is 1. The van der Waals surface area contributed by atoms with E-state index in [-0.39, 0.29) is 5.92 Å². The Hall–Kier alpha value is -1.77. The van der Waals surface area contributed by atoms with Crippen molar-refractivity contribution in [2.75, 3.05) is 0 Å². The summed E-state index contributed by atoms with van der Waals surface area (Å²) in [4.78, 5) is 11.6. The van der Waals surface area contributed by atoms with Gasteiger partial charge in [-0.1, -0.05) is 32.0 Å². The van der Waals surface area contributed by atoms with Gasteiger partial charge in [0.05, 0.1) is 5.52 Å². The van der Waals surface area contributed by atoms with Crippen LogP contribution in [0.4, 0.5) is 0 Å². The summed E-state index contributed by atoms with van der Waals surface area (Å²) >= 11 is 0. The molecule has 1 N–H and O–H groups in total. The van der Waals surface area contributed by atoms with E-state index in [2.05, 4.69) is 26.0 Å². The first-order chi connectivity index (χ1) is 8.61. The Kier molecular flexibility index (Phi) is 2.44. The first-order valence-electron chi connectivity index (χ1n) is 6.48. The predicted molar refractivity (Wildman–Crippen MR) is 71.3 cm³/mol. The van der Waals surface area contributed by atoms with Crippen molar-refractivity contribution in [3.63, 3.8) is 0 Å². The second kappa shape index (κ2) is 3.87. The van der Waals surface area contributed by atoms with Crippen molar-refractivity contribution >= 4 is 16.9 Å². The van der Waals surface area contributed by atoms with Crippen LogP contribution in [-0.4, -0.2) is 15.6 Å². The third-order valence-corrected chi connectivity index (χ3v) is 3.81. The molecule has 1 aliphatic heterocycles. The Bertz CT molecular complexity index is 637. The number of aryl methyl sites for hydroxylation is 2. The van der Waals surface area contributed by atoms with Gasteiger partial charge < -0.3 is 9.67 Å². The monoisotopic (exact) mass is 243 g/mol. The number of aromatic nitrogens is 1. The van der Waals surface area contributed by atoms with E-state index >= 15 is 0 Å². The molecule has 1 aromatic carbocycles. The fourth-order valence-electron chi connectivity index (χ4n) is 3.18. The molecule has 0 spiro atoms. The molecule has 3 heteroatoms. The molecule has 3 nitrogen and oxygen atoms in total. The molecule has 0 fully saturated rings. The molecule has 0 atom stereocenters. The number of aromatic carboxylic acids is 1. The van der Waals surface area contributed by atoms with Crippen LogP contribution in [0.25, 0.3) is 10.9 Å². The van der Waals surface area contributed by atoms with E-state index in [1.807, 2.05) is 10.6 Å². The van der Waals surface area contributed by atoms with Gasteiger partial charge in [-0.2, -0.15) is 0 Å². The minimum atomic E-state index is -0.803. The number of hydrogen-bond acceptors (Lipinski definition) is 1. The fourth-order valence-corrected chi connectivity index (χ4v) is 3.18. The summed E-state index contributed by atoms with van der Waals surface area (Å²) in [6.45, 7) is 4.95. The second-order valence-corrected chi connectivity index (χ2v) is 5.29. The van der Waals surface area contributed by atoms with E-state index in [4.69, 9.17) is 0 Å². The van der Waals surface area contributed by atoms with Gasteiger partial charge in [0.15, 0.2) is 0 Å². The summed E-state index contributed by atoms with van der Waals surface area (Å²) in [5, 5.41) is 10.6. The maximum absolute atomic E-state index is 11.6. The van der Waals surface area contributed by atoms with Crippen molar-refractivity contribution in [3.05, 3.63) is 35.0 Å². The Morgan fingerprint density at radius 2 is 2.17 bits per heavy atom. The number of hydrogen-bond donors (Lipinski definition) is 1. The third-order valence-electron chi connectivity index (χ3n) is 3.81. The van der Waals surface area contributed by atoms with Crippen molar-refractivity contribution in [2.45, 2.75) is 39.2 Å². The second-order valence-electron chi connectivity index (χ2n) is 5.29. The summed E-state index contributed by atoms with van der Waals surface area (Å²) in [6, 6.07) is 6.22. The normalized spacial score (nSPS) is 14.4. The zero-order chi connectivity index (χ0) is 12.9. The van der Waals surface area contributed by atoms with Crippen molar-refractivity contribution in [1.82, 2.24) is 4.57 Å².